The first-order chi connectivity index (χ1) is 14.9. The minimum Gasteiger partial charge on any atom is -0.444 e. The summed E-state index contributed by atoms with van der Waals surface area (Å²) >= 11 is 0. The van der Waals surface area contributed by atoms with Gasteiger partial charge in [0.25, 0.3) is 0 Å². The number of piperidine rings is 1. The molecule has 1 aliphatic heterocycles. The van der Waals surface area contributed by atoms with Crippen LogP contribution in [0.15, 0.2) is 24.5 Å². The molecule has 0 aromatic carbocycles. The Morgan fingerprint density at radius 2 is 1.75 bits per heavy atom. The van der Waals surface area contributed by atoms with Gasteiger partial charge in [-0.25, -0.2) is 14.5 Å². The average Bonchev–Trinajstić information content (AvgIpc) is 3.27. The maximum Gasteiger partial charge on any atom is 0.410 e. The summed E-state index contributed by atoms with van der Waals surface area (Å²) in [6, 6.07) is 4.25. The molecular weight excluding hydrogens is 404 g/mol. The van der Waals surface area contributed by atoms with Crippen LogP contribution in [0.1, 0.15) is 66.0 Å². The molecule has 0 bridgehead atoms. The van der Waals surface area contributed by atoms with E-state index in [1.54, 1.807) is 11.1 Å². The summed E-state index contributed by atoms with van der Waals surface area (Å²) < 4.78 is 9.55. The van der Waals surface area contributed by atoms with E-state index in [0.717, 1.165) is 40.8 Å². The number of amides is 1. The molecule has 0 saturated carbocycles. The van der Waals surface area contributed by atoms with E-state index in [2.05, 4.69) is 49.6 Å². The molecule has 8 heteroatoms. The molecule has 32 heavy (non-hydrogen) atoms. The van der Waals surface area contributed by atoms with E-state index in [9.17, 15) is 4.79 Å². The number of ether oxygens (including phenoxy) is 1. The number of carbonyl (C=O) groups is 1. The van der Waals surface area contributed by atoms with Crippen LogP contribution in [0.5, 0.6) is 0 Å². The Kier molecular flexibility index (Phi) is 5.51. The molecule has 0 aliphatic carbocycles. The summed E-state index contributed by atoms with van der Waals surface area (Å²) in [6.45, 7) is 15.5. The molecule has 1 amide bonds. The molecule has 3 aromatic heterocycles. The summed E-state index contributed by atoms with van der Waals surface area (Å²) in [5.41, 5.74) is 3.05. The lowest BCUT2D eigenvalue weighted by Gasteiger charge is -2.33. The van der Waals surface area contributed by atoms with E-state index < -0.39 is 5.60 Å². The van der Waals surface area contributed by atoms with Gasteiger partial charge in [-0.2, -0.15) is 10.2 Å². The van der Waals surface area contributed by atoms with Crippen LogP contribution < -0.4 is 0 Å². The first-order valence-electron chi connectivity index (χ1n) is 11.3. The summed E-state index contributed by atoms with van der Waals surface area (Å²) in [7, 11) is 0. The zero-order chi connectivity index (χ0) is 23.3. The molecule has 3 aromatic rings. The summed E-state index contributed by atoms with van der Waals surface area (Å²) in [6.07, 6.45) is 5.36. The molecule has 0 radical (unpaired) electrons. The molecule has 1 fully saturated rings. The number of fused-ring (bicyclic) bond motifs is 1. The van der Waals surface area contributed by atoms with Gasteiger partial charge in [-0.15, -0.1) is 0 Å². The van der Waals surface area contributed by atoms with Crippen LogP contribution in [0.25, 0.3) is 22.4 Å². The molecule has 0 unspecified atom stereocenters. The maximum absolute atomic E-state index is 12.4. The number of hydrogen-bond donors (Lipinski definition) is 0. The first kappa shape index (κ1) is 22.3. The lowest BCUT2D eigenvalue weighted by molar-refractivity contribution is 0.0185. The average molecular weight is 439 g/mol. The number of carbonyl (C=O) groups excluding carboxylic acids is 1. The summed E-state index contributed by atoms with van der Waals surface area (Å²) in [4.78, 5) is 18.8. The third-order valence-electron chi connectivity index (χ3n) is 5.71. The Labute approximate surface area is 189 Å². The zero-order valence-corrected chi connectivity index (χ0v) is 20.2. The molecule has 1 aliphatic rings. The highest BCUT2D eigenvalue weighted by atomic mass is 16.6. The van der Waals surface area contributed by atoms with Crippen LogP contribution in [-0.2, 0) is 10.3 Å². The number of nitrogens with zero attached hydrogens (tertiary/aromatic N) is 6. The Morgan fingerprint density at radius 3 is 2.38 bits per heavy atom. The van der Waals surface area contributed by atoms with Crippen LogP contribution in [0.3, 0.4) is 0 Å². The van der Waals surface area contributed by atoms with Gasteiger partial charge in [0.15, 0.2) is 5.65 Å². The first-order valence-corrected chi connectivity index (χ1v) is 11.3. The molecule has 0 spiro atoms. The molecule has 0 atom stereocenters. The van der Waals surface area contributed by atoms with Crippen molar-refractivity contribution in [1.29, 1.82) is 0 Å². The fraction of sp³-hybridized carbons (Fsp3) is 0.583. The molecule has 0 N–H and O–H groups in total. The van der Waals surface area contributed by atoms with E-state index in [1.807, 2.05) is 31.5 Å². The van der Waals surface area contributed by atoms with Crippen LogP contribution in [0, 0.1) is 6.92 Å². The van der Waals surface area contributed by atoms with Gasteiger partial charge in [0.1, 0.15) is 17.0 Å². The van der Waals surface area contributed by atoms with Crippen molar-refractivity contribution in [2.75, 3.05) is 13.1 Å². The number of likely N-dealkylation sites (tertiary alicyclic amines) is 1. The van der Waals surface area contributed by atoms with Gasteiger partial charge in [0, 0.05) is 30.9 Å². The standard InChI is InChI=1S/C24H34N6O2/c1-16-15-29(17-10-13-28(14-11-17)22(31)32-24(5,6)7)26-19(16)20-18-9-8-12-25-21(18)30(27-20)23(2,3)4/h8-9,12,15,17H,10-11,13-14H2,1-7H3. The van der Waals surface area contributed by atoms with Gasteiger partial charge in [-0.1, -0.05) is 0 Å². The smallest absolute Gasteiger partial charge is 0.410 e. The molecule has 4 rings (SSSR count). The Hall–Kier alpha value is -2.90. The Balaban J connectivity index is 1.57. The van der Waals surface area contributed by atoms with Crippen molar-refractivity contribution in [2.45, 2.75) is 78.5 Å². The van der Waals surface area contributed by atoms with Crippen LogP contribution in [-0.4, -0.2) is 54.2 Å². The molecule has 8 nitrogen and oxygen atoms in total. The van der Waals surface area contributed by atoms with E-state index in [0.29, 0.717) is 13.1 Å². The van der Waals surface area contributed by atoms with Gasteiger partial charge in [-0.3, -0.25) is 4.68 Å². The maximum atomic E-state index is 12.4. The van der Waals surface area contributed by atoms with Crippen molar-refractivity contribution in [3.05, 3.63) is 30.1 Å². The van der Waals surface area contributed by atoms with Crippen LogP contribution >= 0.6 is 0 Å². The van der Waals surface area contributed by atoms with Crippen molar-refractivity contribution in [2.24, 2.45) is 0 Å². The number of rotatable bonds is 2. The lowest BCUT2D eigenvalue weighted by Crippen LogP contribution is -2.42. The highest BCUT2D eigenvalue weighted by Gasteiger charge is 2.29. The van der Waals surface area contributed by atoms with Gasteiger partial charge in [0.2, 0.25) is 0 Å². The topological polar surface area (TPSA) is 78.1 Å². The fourth-order valence-corrected chi connectivity index (χ4v) is 4.14. The second-order valence-corrected chi connectivity index (χ2v) is 10.6. The van der Waals surface area contributed by atoms with Gasteiger partial charge < -0.3 is 9.64 Å². The Morgan fingerprint density at radius 1 is 1.06 bits per heavy atom. The largest absolute Gasteiger partial charge is 0.444 e. The number of pyridine rings is 1. The summed E-state index contributed by atoms with van der Waals surface area (Å²) in [5.74, 6) is 0. The van der Waals surface area contributed by atoms with Gasteiger partial charge in [0.05, 0.1) is 11.6 Å². The number of hydrogen-bond acceptors (Lipinski definition) is 5. The zero-order valence-electron chi connectivity index (χ0n) is 20.2. The van der Waals surface area contributed by atoms with Crippen molar-refractivity contribution in [3.8, 4) is 11.4 Å². The van der Waals surface area contributed by atoms with Crippen LogP contribution in [0.2, 0.25) is 0 Å². The van der Waals surface area contributed by atoms with Gasteiger partial charge in [-0.05, 0) is 79.0 Å². The Bertz CT molecular complexity index is 1120. The number of aryl methyl sites for hydroxylation is 1. The van der Waals surface area contributed by atoms with Crippen molar-refractivity contribution >= 4 is 17.1 Å². The van der Waals surface area contributed by atoms with E-state index in [1.165, 1.54) is 0 Å². The van der Waals surface area contributed by atoms with E-state index >= 15 is 0 Å². The molecule has 172 valence electrons. The third-order valence-corrected chi connectivity index (χ3v) is 5.71. The predicted molar refractivity (Wildman–Crippen MR) is 125 cm³/mol. The minimum atomic E-state index is -0.476. The predicted octanol–water partition coefficient (Wildman–Crippen LogP) is 4.93. The van der Waals surface area contributed by atoms with Crippen molar-refractivity contribution in [3.63, 3.8) is 0 Å². The third kappa shape index (κ3) is 4.36. The molecule has 1 saturated heterocycles. The van der Waals surface area contributed by atoms with Crippen molar-refractivity contribution in [1.82, 2.24) is 29.4 Å². The molecular formula is C24H34N6O2. The van der Waals surface area contributed by atoms with Crippen molar-refractivity contribution < 1.29 is 9.53 Å². The second kappa shape index (κ2) is 7.90. The quantitative estimate of drug-likeness (QED) is 0.567. The lowest BCUT2D eigenvalue weighted by atomic mass is 10.1. The van der Waals surface area contributed by atoms with Crippen LogP contribution in [0.4, 0.5) is 4.79 Å². The van der Waals surface area contributed by atoms with E-state index in [4.69, 9.17) is 14.9 Å². The second-order valence-electron chi connectivity index (χ2n) is 10.6. The highest BCUT2D eigenvalue weighted by Crippen LogP contribution is 2.32. The normalized spacial score (nSPS) is 16.0. The fourth-order valence-electron chi connectivity index (χ4n) is 4.14. The number of aromatic nitrogens is 5. The monoisotopic (exact) mass is 438 g/mol. The minimum absolute atomic E-state index is 0.185. The summed E-state index contributed by atoms with van der Waals surface area (Å²) in [5, 5.41) is 10.9. The molecule has 4 heterocycles. The van der Waals surface area contributed by atoms with Gasteiger partial charge >= 0.3 is 6.09 Å². The van der Waals surface area contributed by atoms with E-state index in [-0.39, 0.29) is 17.7 Å². The SMILES string of the molecule is Cc1cn(C2CCN(C(=O)OC(C)(C)C)CC2)nc1-c1nn(C(C)(C)C)c2ncccc12. The highest BCUT2D eigenvalue weighted by molar-refractivity contribution is 5.90.